The summed E-state index contributed by atoms with van der Waals surface area (Å²) in [6.07, 6.45) is 5.67. The number of rotatable bonds is 12. The van der Waals surface area contributed by atoms with Crippen LogP contribution in [-0.4, -0.2) is 25.2 Å². The summed E-state index contributed by atoms with van der Waals surface area (Å²) >= 11 is 0. The van der Waals surface area contributed by atoms with Crippen molar-refractivity contribution >= 4 is 11.9 Å². The van der Waals surface area contributed by atoms with Crippen LogP contribution in [0.15, 0.2) is 73.8 Å². The minimum Gasteiger partial charge on any atom is -0.463 e. The van der Waals surface area contributed by atoms with E-state index < -0.39 is 0 Å². The minimum absolute atomic E-state index is 0.115. The zero-order valence-corrected chi connectivity index (χ0v) is 18.6. The third-order valence-corrected chi connectivity index (χ3v) is 5.39. The predicted octanol–water partition coefficient (Wildman–Crippen LogP) is 5.34. The maximum Gasteiger partial charge on any atom is 0.330 e. The van der Waals surface area contributed by atoms with E-state index in [2.05, 4.69) is 75.5 Å². The fourth-order valence-corrected chi connectivity index (χ4v) is 3.36. The minimum atomic E-state index is -0.376. The summed E-state index contributed by atoms with van der Waals surface area (Å²) in [7, 11) is 0. The van der Waals surface area contributed by atoms with Gasteiger partial charge in [-0.15, -0.1) is 0 Å². The van der Waals surface area contributed by atoms with Gasteiger partial charge >= 0.3 is 11.9 Å². The molecule has 0 aliphatic rings. The number of benzene rings is 2. The van der Waals surface area contributed by atoms with E-state index in [1.807, 2.05) is 0 Å². The first-order valence-electron chi connectivity index (χ1n) is 10.6. The molecule has 0 N–H and O–H groups in total. The van der Waals surface area contributed by atoms with Crippen LogP contribution < -0.4 is 0 Å². The van der Waals surface area contributed by atoms with Gasteiger partial charge in [0.1, 0.15) is 0 Å². The van der Waals surface area contributed by atoms with Crippen LogP contribution in [0.4, 0.5) is 0 Å². The molecule has 0 spiro atoms. The Morgan fingerprint density at radius 1 is 0.742 bits per heavy atom. The quantitative estimate of drug-likeness (QED) is 0.264. The van der Waals surface area contributed by atoms with Gasteiger partial charge in [0.25, 0.3) is 0 Å². The lowest BCUT2D eigenvalue weighted by Crippen LogP contribution is -2.18. The van der Waals surface area contributed by atoms with Gasteiger partial charge in [0.2, 0.25) is 0 Å². The van der Waals surface area contributed by atoms with Gasteiger partial charge in [0.15, 0.2) is 0 Å². The largest absolute Gasteiger partial charge is 0.463 e. The Labute approximate surface area is 185 Å². The van der Waals surface area contributed by atoms with E-state index in [4.69, 9.17) is 9.47 Å². The molecule has 0 aliphatic heterocycles. The van der Waals surface area contributed by atoms with Gasteiger partial charge in [-0.1, -0.05) is 75.5 Å². The Hall–Kier alpha value is -3.14. The van der Waals surface area contributed by atoms with Crippen molar-refractivity contribution < 1.29 is 19.1 Å². The van der Waals surface area contributed by atoms with Crippen molar-refractivity contribution in [2.75, 3.05) is 13.2 Å². The molecule has 31 heavy (non-hydrogen) atoms. The van der Waals surface area contributed by atoms with Crippen LogP contribution in [0.1, 0.15) is 48.9 Å². The van der Waals surface area contributed by atoms with E-state index in [1.165, 1.54) is 34.4 Å². The zero-order chi connectivity index (χ0) is 22.7. The molecule has 0 saturated carbocycles. The molecule has 0 saturated heterocycles. The molecule has 164 valence electrons. The molecule has 2 rings (SSSR count). The highest BCUT2D eigenvalue weighted by Gasteiger charge is 2.22. The molecule has 4 nitrogen and oxygen atoms in total. The highest BCUT2D eigenvalue weighted by atomic mass is 16.5. The molecule has 0 atom stereocenters. The van der Waals surface area contributed by atoms with E-state index in [-0.39, 0.29) is 17.4 Å². The summed E-state index contributed by atoms with van der Waals surface area (Å²) in [4.78, 5) is 22.1. The average molecular weight is 421 g/mol. The van der Waals surface area contributed by atoms with Crippen molar-refractivity contribution in [2.24, 2.45) is 0 Å². The number of hydrogen-bond acceptors (Lipinski definition) is 4. The number of carbonyl (C=O) groups excluding carboxylic acids is 2. The highest BCUT2D eigenvalue weighted by molar-refractivity contribution is 5.81. The van der Waals surface area contributed by atoms with Gasteiger partial charge in [0, 0.05) is 17.6 Å². The fraction of sp³-hybridized carbons (Fsp3) is 0.333. The third-order valence-electron chi connectivity index (χ3n) is 5.39. The van der Waals surface area contributed by atoms with Crippen LogP contribution in [-0.2, 0) is 37.3 Å². The number of carbonyl (C=O) groups is 2. The first kappa shape index (κ1) is 24.1. The van der Waals surface area contributed by atoms with Gasteiger partial charge in [-0.2, -0.15) is 0 Å². The lowest BCUT2D eigenvalue weighted by Gasteiger charge is -2.26. The Kier molecular flexibility index (Phi) is 9.26. The Balaban J connectivity index is 1.90. The highest BCUT2D eigenvalue weighted by Crippen LogP contribution is 2.32. The van der Waals surface area contributed by atoms with Crippen molar-refractivity contribution in [3.63, 3.8) is 0 Å². The van der Waals surface area contributed by atoms with Gasteiger partial charge in [-0.25, -0.2) is 9.59 Å². The molecular weight excluding hydrogens is 388 g/mol. The fourth-order valence-electron chi connectivity index (χ4n) is 3.36. The zero-order valence-electron chi connectivity index (χ0n) is 18.6. The average Bonchev–Trinajstić information content (AvgIpc) is 2.79. The van der Waals surface area contributed by atoms with E-state index in [1.54, 1.807) is 0 Å². The summed E-state index contributed by atoms with van der Waals surface area (Å²) in [5.41, 5.74) is 4.83. The maximum absolute atomic E-state index is 11.1. The van der Waals surface area contributed by atoms with Crippen molar-refractivity contribution in [1.82, 2.24) is 0 Å². The Morgan fingerprint density at radius 3 is 1.42 bits per heavy atom. The molecule has 0 amide bonds. The second-order valence-corrected chi connectivity index (χ2v) is 7.97. The molecule has 0 heterocycles. The van der Waals surface area contributed by atoms with Crippen LogP contribution in [0.2, 0.25) is 0 Å². The van der Waals surface area contributed by atoms with Crippen LogP contribution >= 0.6 is 0 Å². The van der Waals surface area contributed by atoms with Crippen LogP contribution in [0.3, 0.4) is 0 Å². The summed E-state index contributed by atoms with van der Waals surface area (Å²) in [6.45, 7) is 12.0. The second kappa shape index (κ2) is 11.9. The summed E-state index contributed by atoms with van der Waals surface area (Å²) in [6, 6.07) is 17.3. The Morgan fingerprint density at radius 2 is 1.10 bits per heavy atom. The summed E-state index contributed by atoms with van der Waals surface area (Å²) < 4.78 is 10.0. The number of ether oxygens (including phenoxy) is 2. The molecule has 0 aromatic heterocycles. The van der Waals surface area contributed by atoms with Crippen LogP contribution in [0.5, 0.6) is 0 Å². The molecule has 0 radical (unpaired) electrons. The topological polar surface area (TPSA) is 52.6 Å². The first-order valence-corrected chi connectivity index (χ1v) is 10.6. The van der Waals surface area contributed by atoms with Gasteiger partial charge < -0.3 is 9.47 Å². The van der Waals surface area contributed by atoms with Gasteiger partial charge in [-0.3, -0.25) is 0 Å². The maximum atomic E-state index is 11.1. The second-order valence-electron chi connectivity index (χ2n) is 7.97. The third kappa shape index (κ3) is 7.56. The molecule has 0 fully saturated rings. The SMILES string of the molecule is C=CC(=O)OCCCc1ccc(C(C)(C)c2ccc(CCCOC(=O)C=C)cc2)cc1. The molecular formula is C27H32O4. The van der Waals surface area contributed by atoms with Gasteiger partial charge in [0.05, 0.1) is 13.2 Å². The van der Waals surface area contributed by atoms with Crippen molar-refractivity contribution in [2.45, 2.75) is 44.9 Å². The van der Waals surface area contributed by atoms with Crippen LogP contribution in [0.25, 0.3) is 0 Å². The monoisotopic (exact) mass is 420 g/mol. The van der Waals surface area contributed by atoms with Crippen LogP contribution in [0, 0.1) is 0 Å². The number of aryl methyl sites for hydroxylation is 2. The lowest BCUT2D eigenvalue weighted by atomic mass is 9.77. The van der Waals surface area contributed by atoms with E-state index >= 15 is 0 Å². The molecule has 2 aromatic carbocycles. The number of esters is 2. The van der Waals surface area contributed by atoms with Gasteiger partial charge in [-0.05, 0) is 47.9 Å². The molecule has 2 aromatic rings. The van der Waals surface area contributed by atoms with Crippen molar-refractivity contribution in [3.8, 4) is 0 Å². The van der Waals surface area contributed by atoms with E-state index in [0.29, 0.717) is 13.2 Å². The normalized spacial score (nSPS) is 10.9. The van der Waals surface area contributed by atoms with Crippen molar-refractivity contribution in [3.05, 3.63) is 96.1 Å². The number of hydrogen-bond donors (Lipinski definition) is 0. The smallest absolute Gasteiger partial charge is 0.330 e. The molecule has 0 bridgehead atoms. The standard InChI is InChI=1S/C27H32O4/c1-5-25(28)30-19-7-9-21-11-15-23(16-12-21)27(3,4)24-17-13-22(14-18-24)10-8-20-31-26(29)6-2/h5-6,11-18H,1-2,7-10,19-20H2,3-4H3. The lowest BCUT2D eigenvalue weighted by molar-refractivity contribution is -0.138. The van der Waals surface area contributed by atoms with E-state index in [0.717, 1.165) is 25.7 Å². The Bertz CT molecular complexity index is 803. The summed E-state index contributed by atoms with van der Waals surface area (Å²) in [5, 5.41) is 0. The molecule has 0 unspecified atom stereocenters. The summed E-state index contributed by atoms with van der Waals surface area (Å²) in [5.74, 6) is -0.751. The molecule has 4 heteroatoms. The predicted molar refractivity (Wildman–Crippen MR) is 124 cm³/mol. The van der Waals surface area contributed by atoms with E-state index in [9.17, 15) is 9.59 Å². The first-order chi connectivity index (χ1) is 14.9. The molecule has 0 aliphatic carbocycles. The van der Waals surface area contributed by atoms with Crippen molar-refractivity contribution in [1.29, 1.82) is 0 Å².